The van der Waals surface area contributed by atoms with Gasteiger partial charge in [0, 0.05) is 77.7 Å². The molecule has 3 aromatic rings. The summed E-state index contributed by atoms with van der Waals surface area (Å²) in [4.78, 5) is 83.7. The van der Waals surface area contributed by atoms with Gasteiger partial charge in [0.1, 0.15) is 11.5 Å². The first-order chi connectivity index (χ1) is 40.3. The molecule has 0 atom stereocenters. The predicted molar refractivity (Wildman–Crippen MR) is 316 cm³/mol. The molecule has 0 spiro atoms. The van der Waals surface area contributed by atoms with Crippen LogP contribution in [0.1, 0.15) is 81.3 Å². The lowest BCUT2D eigenvalue weighted by molar-refractivity contribution is -0.140. The molecule has 4 saturated carbocycles. The number of hydrogen-bond donors (Lipinski definition) is 6. The number of nitrogens with one attached hydrogen (secondary N) is 2. The van der Waals surface area contributed by atoms with E-state index < -0.39 is 23.4 Å². The molecular weight excluding hydrogens is 1080 g/mol. The van der Waals surface area contributed by atoms with Gasteiger partial charge >= 0.3 is 17.9 Å². The van der Waals surface area contributed by atoms with Crippen LogP contribution >= 0.6 is 0 Å². The number of rotatable bonds is 29. The first kappa shape index (κ1) is 66.9. The Morgan fingerprint density at radius 3 is 1.71 bits per heavy atom. The number of ether oxygens (including phenoxy) is 4. The largest absolute Gasteiger partial charge is 0.496 e. The third-order valence-electron chi connectivity index (χ3n) is 16.7. The van der Waals surface area contributed by atoms with Crippen molar-refractivity contribution in [3.05, 3.63) is 53.7 Å². The van der Waals surface area contributed by atoms with Gasteiger partial charge in [0.15, 0.2) is 5.69 Å². The highest BCUT2D eigenvalue weighted by molar-refractivity contribution is 5.95. The van der Waals surface area contributed by atoms with E-state index in [0.29, 0.717) is 126 Å². The van der Waals surface area contributed by atoms with Crippen molar-refractivity contribution in [3.63, 3.8) is 0 Å². The first-order valence-electron chi connectivity index (χ1n) is 29.5. The van der Waals surface area contributed by atoms with Crippen LogP contribution in [0.5, 0.6) is 11.5 Å². The van der Waals surface area contributed by atoms with Crippen molar-refractivity contribution in [1.29, 1.82) is 0 Å². The number of aliphatic carboxylic acids is 3. The summed E-state index contributed by atoms with van der Waals surface area (Å²) in [5.41, 5.74) is 3.53. The Balaban J connectivity index is 0.000000283. The smallest absolute Gasteiger partial charge is 0.317 e. The van der Waals surface area contributed by atoms with E-state index in [9.17, 15) is 49.2 Å². The van der Waals surface area contributed by atoms with E-state index in [2.05, 4.69) is 29.4 Å². The number of carbonyl (C=O) groups excluding carboxylic acids is 3. The highest BCUT2D eigenvalue weighted by Gasteiger charge is 2.58. The number of anilines is 1. The minimum absolute atomic E-state index is 0.0673. The molecule has 4 aliphatic carbocycles. The van der Waals surface area contributed by atoms with E-state index in [1.165, 1.54) is 6.42 Å². The third-order valence-corrected chi connectivity index (χ3v) is 16.7. The number of methoxy groups -OCH3 is 2. The molecule has 6 N–H and O–H groups in total. The molecular formula is C60H92N10O14. The van der Waals surface area contributed by atoms with Crippen LogP contribution in [0, 0.1) is 23.7 Å². The predicted octanol–water partition coefficient (Wildman–Crippen LogP) is 3.14. The van der Waals surface area contributed by atoms with E-state index in [0.717, 1.165) is 62.0 Å². The average Bonchev–Trinajstić information content (AvgIpc) is 1.10. The molecule has 0 unspecified atom stereocenters. The van der Waals surface area contributed by atoms with E-state index in [4.69, 9.17) is 24.0 Å². The van der Waals surface area contributed by atoms with Crippen molar-refractivity contribution in [3.8, 4) is 28.4 Å². The van der Waals surface area contributed by atoms with Gasteiger partial charge in [-0.1, -0.05) is 19.9 Å². The Bertz CT molecular complexity index is 2550. The van der Waals surface area contributed by atoms with Gasteiger partial charge in [-0.3, -0.25) is 48.4 Å². The maximum Gasteiger partial charge on any atom is 0.317 e. The summed E-state index contributed by atoms with van der Waals surface area (Å²) in [6, 6.07) is 13.4. The molecule has 1 aromatic heterocycles. The van der Waals surface area contributed by atoms with Crippen molar-refractivity contribution in [2.24, 2.45) is 23.7 Å². The maximum atomic E-state index is 14.3. The topological polar surface area (TPSA) is 282 Å². The lowest BCUT2D eigenvalue weighted by atomic mass is 9.48. The Hall–Kier alpha value is -6.25. The number of carboxylic acid groups (broad SMARTS) is 3. The highest BCUT2D eigenvalue weighted by Crippen LogP contribution is 2.58. The summed E-state index contributed by atoms with van der Waals surface area (Å²) in [5.74, 6) is -0.281. The van der Waals surface area contributed by atoms with Crippen LogP contribution in [0.3, 0.4) is 0 Å². The molecule has 2 aromatic carbocycles. The molecule has 4 bridgehead atoms. The molecule has 2 heterocycles. The zero-order valence-corrected chi connectivity index (χ0v) is 50.3. The number of aliphatic hydroxyl groups excluding tert-OH is 1. The summed E-state index contributed by atoms with van der Waals surface area (Å²) < 4.78 is 24.0. The van der Waals surface area contributed by atoms with Crippen molar-refractivity contribution < 1.29 is 68.1 Å². The van der Waals surface area contributed by atoms with E-state index in [1.807, 2.05) is 62.3 Å². The molecule has 3 amide bonds. The number of carbonyl (C=O) groups is 6. The zero-order valence-electron chi connectivity index (χ0n) is 50.3. The van der Waals surface area contributed by atoms with Gasteiger partial charge in [-0.05, 0) is 138 Å². The zero-order chi connectivity index (χ0) is 60.9. The summed E-state index contributed by atoms with van der Waals surface area (Å²) in [5, 5.41) is 49.8. The van der Waals surface area contributed by atoms with Crippen LogP contribution in [0.2, 0.25) is 0 Å². The van der Waals surface area contributed by atoms with Crippen LogP contribution in [0.25, 0.3) is 16.9 Å². The minimum Gasteiger partial charge on any atom is -0.496 e. The van der Waals surface area contributed by atoms with Crippen LogP contribution < -0.4 is 25.0 Å². The van der Waals surface area contributed by atoms with Gasteiger partial charge in [-0.15, -0.1) is 0 Å². The lowest BCUT2D eigenvalue weighted by Gasteiger charge is -2.60. The van der Waals surface area contributed by atoms with Crippen molar-refractivity contribution >= 4 is 41.8 Å². The Morgan fingerprint density at radius 2 is 1.25 bits per heavy atom. The van der Waals surface area contributed by atoms with Crippen molar-refractivity contribution in [2.75, 3.05) is 164 Å². The summed E-state index contributed by atoms with van der Waals surface area (Å²) in [7, 11) is 7.28. The van der Waals surface area contributed by atoms with Gasteiger partial charge in [0.2, 0.25) is 12.3 Å². The van der Waals surface area contributed by atoms with Crippen LogP contribution in [-0.4, -0.2) is 256 Å². The van der Waals surface area contributed by atoms with Crippen LogP contribution in [0.15, 0.2) is 42.5 Å². The molecule has 5 fully saturated rings. The number of benzene rings is 2. The Kier molecular flexibility index (Phi) is 26.2. The standard InChI is InChI=1S/C38H51N5O5.C22H41N5O9/c1-24(2)30-20-29(42(23-45)14-8-13-41(3)4)11-12-32(30)43-33(36-34(47-5)9-7-10-35(36)48-6)21-31(40-43)37(46)39-38(22-44)27-16-25-15-26(18-27)19-28(38)17-25;1-2-35-13-14-36-12-3-23-19(28)15-24-4-6-25(16-20(29)30)8-10-27(18-22(33)34)11-9-26(7-5-24)17-21(31)32/h7,9-12,20-21,23-28,44H,8,13-19,22H2,1-6H3,(H,39,46);2-18H2,1H3,(H,23,28)(H,29,30)(H,31,32)(H,33,34). The highest BCUT2D eigenvalue weighted by atomic mass is 16.5. The molecule has 24 heteroatoms. The molecule has 5 aliphatic rings. The second-order valence-electron chi connectivity index (χ2n) is 23.1. The van der Waals surface area contributed by atoms with E-state index >= 15 is 0 Å². The Morgan fingerprint density at radius 1 is 0.726 bits per heavy atom. The quantitative estimate of drug-likeness (QED) is 0.0430. The summed E-state index contributed by atoms with van der Waals surface area (Å²) >= 11 is 0. The fourth-order valence-corrected chi connectivity index (χ4v) is 12.6. The normalized spacial score (nSPS) is 21.5. The van der Waals surface area contributed by atoms with Gasteiger partial charge in [0.05, 0.1) is 89.3 Å². The van der Waals surface area contributed by atoms with Crippen molar-refractivity contribution in [1.82, 2.24) is 44.9 Å². The van der Waals surface area contributed by atoms with Gasteiger partial charge < -0.3 is 59.8 Å². The van der Waals surface area contributed by atoms with E-state index in [1.54, 1.807) is 44.6 Å². The summed E-state index contributed by atoms with van der Waals surface area (Å²) in [6.07, 6.45) is 7.25. The number of amides is 3. The minimum atomic E-state index is -1.01. The molecule has 1 aliphatic heterocycles. The maximum absolute atomic E-state index is 14.3. The molecule has 1 saturated heterocycles. The van der Waals surface area contributed by atoms with Crippen LogP contribution in [0.4, 0.5) is 5.69 Å². The summed E-state index contributed by atoms with van der Waals surface area (Å²) in [6.45, 7) is 12.0. The number of aromatic nitrogens is 2. The van der Waals surface area contributed by atoms with Gasteiger partial charge in [0.25, 0.3) is 5.91 Å². The molecule has 0 radical (unpaired) electrons. The number of hydrogen-bond acceptors (Lipinski definition) is 17. The second-order valence-corrected chi connectivity index (χ2v) is 23.1. The molecule has 8 rings (SSSR count). The fourth-order valence-electron chi connectivity index (χ4n) is 12.6. The van der Waals surface area contributed by atoms with E-state index in [-0.39, 0.29) is 68.0 Å². The number of nitrogens with zero attached hydrogens (tertiary/aromatic N) is 8. The SMILES string of the molecule is CCOCCOCCNC(=O)CN1CCN(CC(=O)O)CCN(CC(=O)O)CCN(CC(=O)O)CC1.COc1cccc(OC)c1-c1cc(C(=O)NC2(CO)C3CC4CC(C3)CC2C4)nn1-c1ccc(N(C=O)CCCN(C)C)cc1C(C)C. The molecule has 466 valence electrons. The fraction of sp³-hybridized carbons (Fsp3) is 0.650. The van der Waals surface area contributed by atoms with Crippen LogP contribution in [-0.2, 0) is 33.4 Å². The number of carboxylic acids is 3. The van der Waals surface area contributed by atoms with Gasteiger partial charge in [-0.25, -0.2) is 4.68 Å². The molecule has 84 heavy (non-hydrogen) atoms. The average molecular weight is 1180 g/mol. The lowest BCUT2D eigenvalue weighted by Crippen LogP contribution is -2.68. The number of aliphatic hydroxyl groups is 1. The third kappa shape index (κ3) is 18.9. The van der Waals surface area contributed by atoms with Crippen molar-refractivity contribution in [2.45, 2.75) is 70.8 Å². The second kappa shape index (κ2) is 32.9. The van der Waals surface area contributed by atoms with Gasteiger partial charge in [-0.2, -0.15) is 5.10 Å². The Labute approximate surface area is 494 Å². The first-order valence-corrected chi connectivity index (χ1v) is 29.5. The monoisotopic (exact) mass is 1180 g/mol. The molecule has 24 nitrogen and oxygen atoms in total.